The number of hydrogen-bond donors (Lipinski definition) is 1. The van der Waals surface area contributed by atoms with E-state index in [2.05, 4.69) is 10.3 Å². The molecule has 136 valence electrons. The number of aryl methyl sites for hydroxylation is 1. The van der Waals surface area contributed by atoms with Gasteiger partial charge in [0.2, 0.25) is 5.09 Å². The maximum absolute atomic E-state index is 12.5. The van der Waals surface area contributed by atoms with Gasteiger partial charge in [0, 0.05) is 31.1 Å². The van der Waals surface area contributed by atoms with Gasteiger partial charge in [0.1, 0.15) is 5.76 Å². The van der Waals surface area contributed by atoms with E-state index >= 15 is 0 Å². The van der Waals surface area contributed by atoms with E-state index in [0.717, 1.165) is 15.6 Å². The molecule has 2 heterocycles. The highest BCUT2D eigenvalue weighted by Gasteiger charge is 2.26. The molecule has 1 N–H and O–H groups in total. The molecule has 1 amide bonds. The van der Waals surface area contributed by atoms with Crippen molar-refractivity contribution in [3.05, 3.63) is 53.1 Å². The quantitative estimate of drug-likeness (QED) is 0.721. The van der Waals surface area contributed by atoms with Crippen molar-refractivity contribution in [2.75, 3.05) is 19.4 Å². The van der Waals surface area contributed by atoms with Gasteiger partial charge >= 0.3 is 0 Å². The molecule has 0 aliphatic rings. The molecule has 2 aromatic heterocycles. The number of hydrogen-bond acceptors (Lipinski definition) is 6. The summed E-state index contributed by atoms with van der Waals surface area (Å²) in [7, 11) is -0.950. The van der Waals surface area contributed by atoms with Crippen molar-refractivity contribution in [1.82, 2.24) is 9.29 Å². The number of aromatic nitrogens is 1. The molecule has 0 aliphatic heterocycles. The summed E-state index contributed by atoms with van der Waals surface area (Å²) >= 11 is 1.29. The number of sulfonamides is 1. The van der Waals surface area contributed by atoms with Crippen LogP contribution in [0.25, 0.3) is 11.3 Å². The van der Waals surface area contributed by atoms with Crippen LogP contribution in [0.4, 0.5) is 5.13 Å². The molecule has 1 aromatic carbocycles. The van der Waals surface area contributed by atoms with Crippen LogP contribution in [0.1, 0.15) is 16.1 Å². The van der Waals surface area contributed by atoms with Crippen molar-refractivity contribution in [3.8, 4) is 11.3 Å². The molecule has 0 bridgehead atoms. The van der Waals surface area contributed by atoms with Crippen LogP contribution in [0.15, 0.2) is 51.3 Å². The van der Waals surface area contributed by atoms with Gasteiger partial charge < -0.3 is 4.42 Å². The predicted molar refractivity (Wildman–Crippen MR) is 99.8 cm³/mol. The van der Waals surface area contributed by atoms with Crippen molar-refractivity contribution in [2.45, 2.75) is 12.0 Å². The molecular formula is C17H17N3O4S2. The van der Waals surface area contributed by atoms with E-state index in [1.54, 1.807) is 6.92 Å². The van der Waals surface area contributed by atoms with Gasteiger partial charge in [-0.15, -0.1) is 11.3 Å². The molecule has 0 spiro atoms. The van der Waals surface area contributed by atoms with Gasteiger partial charge in [0.05, 0.1) is 11.3 Å². The van der Waals surface area contributed by atoms with Crippen LogP contribution in [0, 0.1) is 6.92 Å². The summed E-state index contributed by atoms with van der Waals surface area (Å²) in [5.41, 5.74) is 1.86. The Balaban J connectivity index is 1.81. The Hall–Kier alpha value is -2.49. The average Bonchev–Trinajstić information content (AvgIpc) is 3.22. The molecule has 0 atom stereocenters. The number of amides is 1. The topological polar surface area (TPSA) is 92.5 Å². The second-order valence-corrected chi connectivity index (χ2v) is 8.62. The van der Waals surface area contributed by atoms with Crippen LogP contribution < -0.4 is 5.32 Å². The zero-order valence-corrected chi connectivity index (χ0v) is 16.0. The minimum atomic E-state index is -3.74. The van der Waals surface area contributed by atoms with Gasteiger partial charge in [-0.1, -0.05) is 30.3 Å². The SMILES string of the molecule is Cc1oc(S(=O)(=O)N(C)C)cc1C(=O)Nc1nc(-c2ccccc2)cs1. The third-order valence-electron chi connectivity index (χ3n) is 3.67. The van der Waals surface area contributed by atoms with E-state index < -0.39 is 15.9 Å². The monoisotopic (exact) mass is 391 g/mol. The molecule has 0 fully saturated rings. The third kappa shape index (κ3) is 3.55. The van der Waals surface area contributed by atoms with E-state index in [1.807, 2.05) is 35.7 Å². The lowest BCUT2D eigenvalue weighted by Crippen LogP contribution is -2.21. The van der Waals surface area contributed by atoms with E-state index in [1.165, 1.54) is 31.5 Å². The average molecular weight is 391 g/mol. The number of nitrogens with zero attached hydrogens (tertiary/aromatic N) is 2. The van der Waals surface area contributed by atoms with Gasteiger partial charge in [-0.2, -0.15) is 0 Å². The summed E-state index contributed by atoms with van der Waals surface area (Å²) in [6.45, 7) is 1.54. The summed E-state index contributed by atoms with van der Waals surface area (Å²) in [5.74, 6) is -0.247. The van der Waals surface area contributed by atoms with Crippen LogP contribution in [-0.4, -0.2) is 37.7 Å². The molecule has 3 rings (SSSR count). The maximum Gasteiger partial charge on any atom is 0.275 e. The summed E-state index contributed by atoms with van der Waals surface area (Å²) < 4.78 is 30.6. The molecule has 0 radical (unpaired) electrons. The van der Waals surface area contributed by atoms with Crippen LogP contribution in [0.2, 0.25) is 0 Å². The fraction of sp³-hybridized carbons (Fsp3) is 0.176. The number of anilines is 1. The molecule has 3 aromatic rings. The summed E-state index contributed by atoms with van der Waals surface area (Å²) in [4.78, 5) is 16.9. The summed E-state index contributed by atoms with van der Waals surface area (Å²) in [5, 5.41) is 4.68. The van der Waals surface area contributed by atoms with Crippen molar-refractivity contribution in [2.24, 2.45) is 0 Å². The smallest absolute Gasteiger partial charge is 0.275 e. The Morgan fingerprint density at radius 3 is 2.58 bits per heavy atom. The Bertz CT molecular complexity index is 1040. The first-order valence-electron chi connectivity index (χ1n) is 7.64. The molecule has 9 heteroatoms. The van der Waals surface area contributed by atoms with Crippen LogP contribution in [0.3, 0.4) is 0 Å². The number of thiazole rings is 1. The fourth-order valence-corrected chi connectivity index (χ4v) is 3.80. The van der Waals surface area contributed by atoms with Gasteiger partial charge in [0.25, 0.3) is 15.9 Å². The maximum atomic E-state index is 12.5. The number of carbonyl (C=O) groups excluding carboxylic acids is 1. The molecular weight excluding hydrogens is 374 g/mol. The van der Waals surface area contributed by atoms with E-state index in [4.69, 9.17) is 4.42 Å². The van der Waals surface area contributed by atoms with Gasteiger partial charge in [-0.05, 0) is 6.92 Å². The highest BCUT2D eigenvalue weighted by atomic mass is 32.2. The zero-order valence-electron chi connectivity index (χ0n) is 14.4. The van der Waals surface area contributed by atoms with Gasteiger partial charge in [-0.25, -0.2) is 17.7 Å². The minimum absolute atomic E-state index is 0.155. The second-order valence-electron chi connectivity index (χ2n) is 5.68. The van der Waals surface area contributed by atoms with Crippen LogP contribution in [-0.2, 0) is 10.0 Å². The molecule has 26 heavy (non-hydrogen) atoms. The summed E-state index contributed by atoms with van der Waals surface area (Å²) in [6.07, 6.45) is 0. The molecule has 0 saturated heterocycles. The largest absolute Gasteiger partial charge is 0.448 e. The second kappa shape index (κ2) is 7.02. The van der Waals surface area contributed by atoms with Crippen molar-refractivity contribution < 1.29 is 17.6 Å². The first kappa shape index (κ1) is 18.3. The zero-order chi connectivity index (χ0) is 18.9. The fourth-order valence-electron chi connectivity index (χ4n) is 2.22. The highest BCUT2D eigenvalue weighted by Crippen LogP contribution is 2.26. The first-order valence-corrected chi connectivity index (χ1v) is 9.96. The molecule has 0 saturated carbocycles. The molecule has 7 nitrogen and oxygen atoms in total. The lowest BCUT2D eigenvalue weighted by Gasteiger charge is -2.07. The first-order chi connectivity index (χ1) is 12.3. The lowest BCUT2D eigenvalue weighted by atomic mass is 10.2. The normalized spacial score (nSPS) is 11.7. The van der Waals surface area contributed by atoms with Gasteiger partial charge in [-0.3, -0.25) is 10.1 Å². The number of furan rings is 1. The number of carbonyl (C=O) groups is 1. The standard InChI is InChI=1S/C17H17N3O4S2/c1-11-13(9-15(24-11)26(22,23)20(2)3)16(21)19-17-18-14(10-25-17)12-7-5-4-6-8-12/h4-10H,1-3H3,(H,18,19,21). The predicted octanol–water partition coefficient (Wildman–Crippen LogP) is 3.21. The van der Waals surface area contributed by atoms with Gasteiger partial charge in [0.15, 0.2) is 5.13 Å². The molecule has 0 aliphatic carbocycles. The summed E-state index contributed by atoms with van der Waals surface area (Å²) in [6, 6.07) is 10.8. The Morgan fingerprint density at radius 1 is 1.23 bits per heavy atom. The number of benzene rings is 1. The highest BCUT2D eigenvalue weighted by molar-refractivity contribution is 7.88. The van der Waals surface area contributed by atoms with E-state index in [-0.39, 0.29) is 16.4 Å². The van der Waals surface area contributed by atoms with Crippen molar-refractivity contribution >= 4 is 32.4 Å². The number of nitrogens with one attached hydrogen (secondary N) is 1. The molecule has 0 unspecified atom stereocenters. The Labute approximate surface area is 155 Å². The van der Waals surface area contributed by atoms with E-state index in [0.29, 0.717) is 5.13 Å². The number of rotatable bonds is 5. The Kier molecular flexibility index (Phi) is 4.94. The van der Waals surface area contributed by atoms with Crippen LogP contribution in [0.5, 0.6) is 0 Å². The Morgan fingerprint density at radius 2 is 1.92 bits per heavy atom. The van der Waals surface area contributed by atoms with E-state index in [9.17, 15) is 13.2 Å². The lowest BCUT2D eigenvalue weighted by molar-refractivity contribution is 0.102. The third-order valence-corrected chi connectivity index (χ3v) is 6.10. The minimum Gasteiger partial charge on any atom is -0.448 e. The van der Waals surface area contributed by atoms with Crippen LogP contribution >= 0.6 is 11.3 Å². The van der Waals surface area contributed by atoms with Crippen molar-refractivity contribution in [3.63, 3.8) is 0 Å². The van der Waals surface area contributed by atoms with Crippen molar-refractivity contribution in [1.29, 1.82) is 0 Å².